The summed E-state index contributed by atoms with van der Waals surface area (Å²) >= 11 is 1.76. The molecule has 2 heterocycles. The fourth-order valence-corrected chi connectivity index (χ4v) is 5.39. The molecule has 2 fully saturated rings. The molecule has 4 amide bonds. The Morgan fingerprint density at radius 1 is 1.22 bits per heavy atom. The van der Waals surface area contributed by atoms with Crippen molar-refractivity contribution in [3.63, 3.8) is 0 Å². The summed E-state index contributed by atoms with van der Waals surface area (Å²) in [5.74, 6) is -0.431. The molecule has 0 aromatic heterocycles. The quantitative estimate of drug-likeness (QED) is 0.792. The lowest BCUT2D eigenvalue weighted by atomic mass is 9.82. The summed E-state index contributed by atoms with van der Waals surface area (Å²) < 4.78 is 0. The summed E-state index contributed by atoms with van der Waals surface area (Å²) in [6.45, 7) is 2.55. The minimum atomic E-state index is -0.781. The van der Waals surface area contributed by atoms with Crippen molar-refractivity contribution in [1.29, 1.82) is 0 Å². The third-order valence-corrected chi connectivity index (χ3v) is 7.03. The Labute approximate surface area is 163 Å². The fourth-order valence-electron chi connectivity index (χ4n) is 4.28. The number of thioether (sulfide) groups is 1. The van der Waals surface area contributed by atoms with E-state index >= 15 is 0 Å². The maximum absolute atomic E-state index is 13.1. The van der Waals surface area contributed by atoms with Crippen molar-refractivity contribution in [1.82, 2.24) is 10.2 Å². The van der Waals surface area contributed by atoms with E-state index in [0.717, 1.165) is 41.2 Å². The second-order valence-electron chi connectivity index (χ2n) is 7.69. The van der Waals surface area contributed by atoms with Gasteiger partial charge in [-0.2, -0.15) is 0 Å². The van der Waals surface area contributed by atoms with Gasteiger partial charge >= 0.3 is 6.03 Å². The zero-order valence-corrected chi connectivity index (χ0v) is 16.4. The normalized spacial score (nSPS) is 24.6. The van der Waals surface area contributed by atoms with Crippen LogP contribution in [-0.2, 0) is 9.59 Å². The molecule has 4 rings (SSSR count). The van der Waals surface area contributed by atoms with E-state index in [1.54, 1.807) is 16.7 Å². The van der Waals surface area contributed by atoms with Gasteiger partial charge in [0.2, 0.25) is 5.91 Å². The second kappa shape index (κ2) is 7.19. The van der Waals surface area contributed by atoms with E-state index < -0.39 is 11.6 Å². The van der Waals surface area contributed by atoms with Crippen LogP contribution in [0.3, 0.4) is 0 Å². The number of anilines is 1. The summed E-state index contributed by atoms with van der Waals surface area (Å²) in [5, 5.41) is 3.29. The van der Waals surface area contributed by atoms with Crippen molar-refractivity contribution in [2.24, 2.45) is 0 Å². The number of imide groups is 1. The van der Waals surface area contributed by atoms with Crippen molar-refractivity contribution in [2.75, 3.05) is 18.0 Å². The molecule has 1 aliphatic carbocycles. The molecule has 0 bridgehead atoms. The Kier molecular flexibility index (Phi) is 4.88. The van der Waals surface area contributed by atoms with Gasteiger partial charge in [0.25, 0.3) is 5.91 Å². The Morgan fingerprint density at radius 3 is 2.74 bits per heavy atom. The van der Waals surface area contributed by atoms with Crippen LogP contribution < -0.4 is 10.2 Å². The number of rotatable bonds is 2. The molecule has 1 atom stereocenters. The molecule has 1 saturated heterocycles. The highest BCUT2D eigenvalue weighted by atomic mass is 32.2. The van der Waals surface area contributed by atoms with Crippen LogP contribution in [0, 0.1) is 0 Å². The molecule has 1 saturated carbocycles. The van der Waals surface area contributed by atoms with E-state index in [1.807, 2.05) is 24.3 Å². The first-order chi connectivity index (χ1) is 13.0. The lowest BCUT2D eigenvalue weighted by Crippen LogP contribution is -2.49. The van der Waals surface area contributed by atoms with Crippen LogP contribution in [0.1, 0.15) is 45.4 Å². The third kappa shape index (κ3) is 3.33. The lowest BCUT2D eigenvalue weighted by Gasteiger charge is -2.30. The average Bonchev–Trinajstić information content (AvgIpc) is 2.80. The van der Waals surface area contributed by atoms with Crippen LogP contribution in [0.25, 0.3) is 0 Å². The predicted molar refractivity (Wildman–Crippen MR) is 105 cm³/mol. The first-order valence-electron chi connectivity index (χ1n) is 9.70. The van der Waals surface area contributed by atoms with Gasteiger partial charge in [-0.1, -0.05) is 38.3 Å². The lowest BCUT2D eigenvalue weighted by molar-refractivity contribution is -0.135. The molecule has 1 spiro atoms. The van der Waals surface area contributed by atoms with Crippen molar-refractivity contribution in [2.45, 2.75) is 61.1 Å². The number of amides is 4. The molecule has 6 nitrogen and oxygen atoms in total. The Morgan fingerprint density at radius 2 is 1.96 bits per heavy atom. The highest BCUT2D eigenvalue weighted by Crippen LogP contribution is 2.38. The number of hydrogen-bond donors (Lipinski definition) is 1. The van der Waals surface area contributed by atoms with E-state index in [9.17, 15) is 14.4 Å². The van der Waals surface area contributed by atoms with Crippen molar-refractivity contribution >= 4 is 35.3 Å². The number of nitrogens with zero attached hydrogens (tertiary/aromatic N) is 2. The van der Waals surface area contributed by atoms with E-state index in [0.29, 0.717) is 24.6 Å². The molecule has 7 heteroatoms. The van der Waals surface area contributed by atoms with Gasteiger partial charge in [-0.05, 0) is 31.4 Å². The highest BCUT2D eigenvalue weighted by molar-refractivity contribution is 8.00. The zero-order valence-electron chi connectivity index (χ0n) is 15.6. The largest absolute Gasteiger partial charge is 0.325 e. The molecule has 1 aromatic carbocycles. The van der Waals surface area contributed by atoms with Gasteiger partial charge < -0.3 is 10.2 Å². The van der Waals surface area contributed by atoms with Crippen molar-refractivity contribution in [3.05, 3.63) is 24.3 Å². The molecule has 1 aromatic rings. The molecule has 144 valence electrons. The smallest absolute Gasteiger partial charge is 0.323 e. The topological polar surface area (TPSA) is 69.7 Å². The number of nitrogens with one attached hydrogen (secondary N) is 1. The van der Waals surface area contributed by atoms with Gasteiger partial charge in [0.05, 0.1) is 5.69 Å². The monoisotopic (exact) mass is 387 g/mol. The number of para-hydroxylation sites is 1. The number of hydrogen-bond acceptors (Lipinski definition) is 4. The minimum Gasteiger partial charge on any atom is -0.323 e. The number of benzene rings is 1. The third-order valence-electron chi connectivity index (χ3n) is 5.79. The minimum absolute atomic E-state index is 0.195. The zero-order chi connectivity index (χ0) is 19.0. The molecular formula is C20H25N3O3S. The number of urea groups is 1. The SMILES string of the molecule is CC1CCN(C(=O)CN2C(=O)NC3(CCCCC3)C2=O)c2ccccc2S1. The van der Waals surface area contributed by atoms with Gasteiger partial charge in [0.1, 0.15) is 12.1 Å². The van der Waals surface area contributed by atoms with E-state index in [4.69, 9.17) is 0 Å². The molecular weight excluding hydrogens is 362 g/mol. The highest BCUT2D eigenvalue weighted by Gasteiger charge is 2.51. The van der Waals surface area contributed by atoms with Gasteiger partial charge in [0, 0.05) is 16.7 Å². The van der Waals surface area contributed by atoms with Crippen LogP contribution in [0.2, 0.25) is 0 Å². The summed E-state index contributed by atoms with van der Waals surface area (Å²) in [4.78, 5) is 42.4. The summed E-state index contributed by atoms with van der Waals surface area (Å²) in [6, 6.07) is 7.41. The van der Waals surface area contributed by atoms with E-state index in [-0.39, 0.29) is 18.4 Å². The molecule has 0 radical (unpaired) electrons. The first kappa shape index (κ1) is 18.3. The summed E-state index contributed by atoms with van der Waals surface area (Å²) in [6.07, 6.45) is 5.16. The Hall–Kier alpha value is -2.02. The fraction of sp³-hybridized carbons (Fsp3) is 0.550. The van der Waals surface area contributed by atoms with Crippen LogP contribution in [0.4, 0.5) is 10.5 Å². The first-order valence-corrected chi connectivity index (χ1v) is 10.6. The summed E-state index contributed by atoms with van der Waals surface area (Å²) in [5.41, 5.74) is 0.0905. The number of carbonyl (C=O) groups is 3. The van der Waals surface area contributed by atoms with Crippen molar-refractivity contribution < 1.29 is 14.4 Å². The van der Waals surface area contributed by atoms with Crippen LogP contribution in [-0.4, -0.2) is 46.6 Å². The van der Waals surface area contributed by atoms with E-state index in [2.05, 4.69) is 12.2 Å². The molecule has 1 unspecified atom stereocenters. The standard InChI is InChI=1S/C20H25N3O3S/c1-14-9-12-22(15-7-3-4-8-16(15)27-14)17(24)13-23-18(25)20(21-19(23)26)10-5-2-6-11-20/h3-4,7-8,14H,2,5-6,9-13H2,1H3,(H,21,26). The summed E-state index contributed by atoms with van der Waals surface area (Å²) in [7, 11) is 0. The maximum atomic E-state index is 13.1. The Bertz CT molecular complexity index is 775. The molecule has 2 aliphatic heterocycles. The van der Waals surface area contributed by atoms with Gasteiger partial charge in [0.15, 0.2) is 0 Å². The number of carbonyl (C=O) groups excluding carboxylic acids is 3. The van der Waals surface area contributed by atoms with E-state index in [1.165, 1.54) is 0 Å². The van der Waals surface area contributed by atoms with Gasteiger partial charge in [-0.15, -0.1) is 11.8 Å². The van der Waals surface area contributed by atoms with Gasteiger partial charge in [-0.3, -0.25) is 14.5 Å². The number of fused-ring (bicyclic) bond motifs is 1. The van der Waals surface area contributed by atoms with Crippen LogP contribution >= 0.6 is 11.8 Å². The Balaban J connectivity index is 1.54. The van der Waals surface area contributed by atoms with Gasteiger partial charge in [-0.25, -0.2) is 4.79 Å². The molecule has 3 aliphatic rings. The van der Waals surface area contributed by atoms with Crippen LogP contribution in [0.15, 0.2) is 29.2 Å². The van der Waals surface area contributed by atoms with Crippen LogP contribution in [0.5, 0.6) is 0 Å². The average molecular weight is 388 g/mol. The molecule has 1 N–H and O–H groups in total. The molecule has 27 heavy (non-hydrogen) atoms. The maximum Gasteiger partial charge on any atom is 0.325 e. The predicted octanol–water partition coefficient (Wildman–Crippen LogP) is 3.16. The second-order valence-corrected chi connectivity index (χ2v) is 9.17. The van der Waals surface area contributed by atoms with Crippen molar-refractivity contribution in [3.8, 4) is 0 Å².